The standard InChI is InChI=1S/C19H13N3O6S/c1-29(25,26)19-9-7-15(12-21-19)27-18-10-14(22(23)24)6-8-17(18)28-16-5-3-2-4-13(16)11-20/h2-10,12H,1H3. The van der Waals surface area contributed by atoms with Crippen molar-refractivity contribution >= 4 is 15.5 Å². The Bertz CT molecular complexity index is 1220. The van der Waals surface area contributed by atoms with Crippen molar-refractivity contribution in [2.75, 3.05) is 6.26 Å². The summed E-state index contributed by atoms with van der Waals surface area (Å²) in [6.45, 7) is 0. The smallest absolute Gasteiger partial charge is 0.273 e. The molecule has 0 atom stereocenters. The van der Waals surface area contributed by atoms with Gasteiger partial charge in [0.1, 0.15) is 17.6 Å². The summed E-state index contributed by atoms with van der Waals surface area (Å²) < 4.78 is 34.4. The van der Waals surface area contributed by atoms with Gasteiger partial charge in [0.25, 0.3) is 5.69 Å². The summed E-state index contributed by atoms with van der Waals surface area (Å²) in [5.74, 6) is 0.530. The average molecular weight is 411 g/mol. The summed E-state index contributed by atoms with van der Waals surface area (Å²) in [5.41, 5.74) is 0.0395. The van der Waals surface area contributed by atoms with Gasteiger partial charge in [0.05, 0.1) is 22.7 Å². The Morgan fingerprint density at radius 3 is 2.41 bits per heavy atom. The Labute approximate surface area is 165 Å². The third-order valence-electron chi connectivity index (χ3n) is 3.68. The molecule has 0 fully saturated rings. The molecule has 10 heteroatoms. The van der Waals surface area contributed by atoms with E-state index >= 15 is 0 Å². The first-order chi connectivity index (χ1) is 13.8. The molecule has 0 spiro atoms. The van der Waals surface area contributed by atoms with Gasteiger partial charge in [0, 0.05) is 12.3 Å². The number of nitriles is 1. The fraction of sp³-hybridized carbons (Fsp3) is 0.0526. The number of sulfone groups is 1. The van der Waals surface area contributed by atoms with Crippen LogP contribution in [-0.4, -0.2) is 24.6 Å². The van der Waals surface area contributed by atoms with Crippen molar-refractivity contribution in [1.82, 2.24) is 4.98 Å². The first-order valence-electron chi connectivity index (χ1n) is 8.07. The van der Waals surface area contributed by atoms with E-state index in [1.165, 1.54) is 30.5 Å². The van der Waals surface area contributed by atoms with E-state index in [-0.39, 0.29) is 39.3 Å². The Morgan fingerprint density at radius 1 is 1.03 bits per heavy atom. The molecular formula is C19H13N3O6S. The van der Waals surface area contributed by atoms with Gasteiger partial charge in [-0.25, -0.2) is 13.4 Å². The molecule has 2 aromatic carbocycles. The van der Waals surface area contributed by atoms with Crippen LogP contribution >= 0.6 is 0 Å². The molecule has 9 nitrogen and oxygen atoms in total. The van der Waals surface area contributed by atoms with Gasteiger partial charge < -0.3 is 9.47 Å². The molecule has 3 rings (SSSR count). The zero-order valence-corrected chi connectivity index (χ0v) is 15.8. The molecule has 0 bridgehead atoms. The van der Waals surface area contributed by atoms with Gasteiger partial charge >= 0.3 is 0 Å². The number of nitro benzene ring substituents is 1. The van der Waals surface area contributed by atoms with Crippen LogP contribution in [-0.2, 0) is 9.84 Å². The minimum Gasteiger partial charge on any atom is -0.452 e. The maximum Gasteiger partial charge on any atom is 0.273 e. The highest BCUT2D eigenvalue weighted by atomic mass is 32.2. The van der Waals surface area contributed by atoms with Crippen molar-refractivity contribution in [3.05, 3.63) is 76.5 Å². The van der Waals surface area contributed by atoms with E-state index in [2.05, 4.69) is 4.98 Å². The highest BCUT2D eigenvalue weighted by Gasteiger charge is 2.17. The van der Waals surface area contributed by atoms with Gasteiger partial charge in [-0.2, -0.15) is 5.26 Å². The van der Waals surface area contributed by atoms with Crippen LogP contribution < -0.4 is 9.47 Å². The molecule has 3 aromatic rings. The normalized spacial score (nSPS) is 10.8. The number of nitrogens with zero attached hydrogens (tertiary/aromatic N) is 3. The number of benzene rings is 2. The summed E-state index contributed by atoms with van der Waals surface area (Å²) >= 11 is 0. The molecule has 1 aromatic heterocycles. The quantitative estimate of drug-likeness (QED) is 0.441. The van der Waals surface area contributed by atoms with Crippen LogP contribution in [0.15, 0.2) is 65.8 Å². The second kappa shape index (κ2) is 7.95. The van der Waals surface area contributed by atoms with E-state index in [9.17, 15) is 23.8 Å². The molecule has 1 heterocycles. The molecule has 0 saturated heterocycles. The van der Waals surface area contributed by atoms with Crippen LogP contribution in [0.4, 0.5) is 5.69 Å². The molecule has 0 aliphatic heterocycles. The summed E-state index contributed by atoms with van der Waals surface area (Å²) in [6, 6.07) is 14.9. The fourth-order valence-corrected chi connectivity index (χ4v) is 2.87. The van der Waals surface area contributed by atoms with Gasteiger partial charge in [-0.05, 0) is 30.3 Å². The number of pyridine rings is 1. The highest BCUT2D eigenvalue weighted by Crippen LogP contribution is 2.38. The van der Waals surface area contributed by atoms with Crippen LogP contribution in [0.2, 0.25) is 0 Å². The van der Waals surface area contributed by atoms with Crippen molar-refractivity contribution in [1.29, 1.82) is 5.26 Å². The van der Waals surface area contributed by atoms with Gasteiger partial charge in [0.2, 0.25) is 0 Å². The first kappa shape index (κ1) is 19.8. The van der Waals surface area contributed by atoms with E-state index in [0.717, 1.165) is 12.3 Å². The molecule has 29 heavy (non-hydrogen) atoms. The van der Waals surface area contributed by atoms with E-state index in [1.54, 1.807) is 24.3 Å². The molecule has 0 radical (unpaired) electrons. The maximum absolute atomic E-state index is 11.5. The lowest BCUT2D eigenvalue weighted by atomic mass is 10.2. The Balaban J connectivity index is 1.98. The van der Waals surface area contributed by atoms with E-state index in [0.29, 0.717) is 0 Å². The molecule has 0 aliphatic rings. The van der Waals surface area contributed by atoms with Gasteiger partial charge in [-0.15, -0.1) is 0 Å². The topological polar surface area (TPSA) is 132 Å². The Kier molecular flexibility index (Phi) is 5.43. The van der Waals surface area contributed by atoms with Crippen LogP contribution in [0.25, 0.3) is 0 Å². The zero-order valence-electron chi connectivity index (χ0n) is 15.0. The monoisotopic (exact) mass is 411 g/mol. The maximum atomic E-state index is 11.5. The molecule has 0 unspecified atom stereocenters. The number of hydrogen-bond acceptors (Lipinski definition) is 8. The Hall–Kier alpha value is -3.97. The average Bonchev–Trinajstić information content (AvgIpc) is 2.69. The van der Waals surface area contributed by atoms with Crippen molar-refractivity contribution in [2.24, 2.45) is 0 Å². The second-order valence-corrected chi connectivity index (χ2v) is 7.77. The number of aromatic nitrogens is 1. The van der Waals surface area contributed by atoms with Crippen LogP contribution in [0.1, 0.15) is 5.56 Å². The minimum atomic E-state index is -3.48. The van der Waals surface area contributed by atoms with E-state index in [1.807, 2.05) is 6.07 Å². The molecule has 0 aliphatic carbocycles. The molecule has 0 saturated carbocycles. The Morgan fingerprint density at radius 2 is 1.79 bits per heavy atom. The molecule has 0 amide bonds. The SMILES string of the molecule is CS(=O)(=O)c1ccc(Oc2cc([N+](=O)[O-])ccc2Oc2ccccc2C#N)cn1. The third-order valence-corrected chi connectivity index (χ3v) is 4.68. The lowest BCUT2D eigenvalue weighted by Gasteiger charge is -2.13. The number of rotatable bonds is 6. The summed E-state index contributed by atoms with van der Waals surface area (Å²) in [4.78, 5) is 14.3. The number of para-hydroxylation sites is 1. The highest BCUT2D eigenvalue weighted by molar-refractivity contribution is 7.90. The van der Waals surface area contributed by atoms with E-state index < -0.39 is 14.8 Å². The third kappa shape index (κ3) is 4.66. The van der Waals surface area contributed by atoms with E-state index in [4.69, 9.17) is 9.47 Å². The van der Waals surface area contributed by atoms with Crippen molar-refractivity contribution in [3.8, 4) is 29.1 Å². The number of nitro groups is 1. The minimum absolute atomic E-state index is 0.000786. The fourth-order valence-electron chi connectivity index (χ4n) is 2.31. The lowest BCUT2D eigenvalue weighted by Crippen LogP contribution is -2.00. The van der Waals surface area contributed by atoms with Gasteiger partial charge in [-0.3, -0.25) is 10.1 Å². The lowest BCUT2D eigenvalue weighted by molar-refractivity contribution is -0.384. The van der Waals surface area contributed by atoms with Crippen molar-refractivity contribution in [3.63, 3.8) is 0 Å². The van der Waals surface area contributed by atoms with Crippen LogP contribution in [0.3, 0.4) is 0 Å². The largest absolute Gasteiger partial charge is 0.452 e. The molecular weight excluding hydrogens is 398 g/mol. The molecule has 146 valence electrons. The number of ether oxygens (including phenoxy) is 2. The molecule has 0 N–H and O–H groups in total. The summed E-state index contributed by atoms with van der Waals surface area (Å²) in [5, 5.41) is 20.2. The predicted octanol–water partition coefficient (Wildman–Crippen LogP) is 3.85. The van der Waals surface area contributed by atoms with Crippen molar-refractivity contribution in [2.45, 2.75) is 5.03 Å². The summed E-state index contributed by atoms with van der Waals surface area (Å²) in [7, 11) is -3.48. The second-order valence-electron chi connectivity index (χ2n) is 5.80. The predicted molar refractivity (Wildman–Crippen MR) is 102 cm³/mol. The van der Waals surface area contributed by atoms with Crippen molar-refractivity contribution < 1.29 is 22.8 Å². The van der Waals surface area contributed by atoms with Crippen LogP contribution in [0.5, 0.6) is 23.0 Å². The number of hydrogen-bond donors (Lipinski definition) is 0. The van der Waals surface area contributed by atoms with Gasteiger partial charge in [0.15, 0.2) is 26.4 Å². The summed E-state index contributed by atoms with van der Waals surface area (Å²) in [6.07, 6.45) is 2.21. The zero-order chi connectivity index (χ0) is 21.0. The number of non-ortho nitro benzene ring substituents is 1. The van der Waals surface area contributed by atoms with Crippen LogP contribution in [0, 0.1) is 21.4 Å². The first-order valence-corrected chi connectivity index (χ1v) is 9.96. The van der Waals surface area contributed by atoms with Gasteiger partial charge in [-0.1, -0.05) is 12.1 Å².